The lowest BCUT2D eigenvalue weighted by Gasteiger charge is -2.37. The van der Waals surface area contributed by atoms with Gasteiger partial charge in [-0.1, -0.05) is 24.3 Å². The van der Waals surface area contributed by atoms with Crippen molar-refractivity contribution < 1.29 is 28.5 Å². The van der Waals surface area contributed by atoms with E-state index >= 15 is 0 Å². The Balaban J connectivity index is 1.81. The van der Waals surface area contributed by atoms with Gasteiger partial charge in [0.1, 0.15) is 5.75 Å². The molecule has 0 bridgehead atoms. The molecule has 1 heterocycles. The summed E-state index contributed by atoms with van der Waals surface area (Å²) in [5, 5.41) is 3.36. The van der Waals surface area contributed by atoms with Gasteiger partial charge in [0.05, 0.1) is 39.4 Å². The van der Waals surface area contributed by atoms with E-state index in [0.29, 0.717) is 53.5 Å². The number of benzene rings is 2. The van der Waals surface area contributed by atoms with Crippen LogP contribution in [0, 0.1) is 0 Å². The van der Waals surface area contributed by atoms with Crippen LogP contribution < -0.4 is 19.5 Å². The SMILES string of the molecule is CCOc1ccccc1[C@H]1C(C(=O)OC)=C(C)NC2=C1C(=O)C[C@H](c1ccc(OC)c(OC)c1)C2. The number of nitrogens with one attached hydrogen (secondary N) is 1. The largest absolute Gasteiger partial charge is 0.494 e. The zero-order valence-electron chi connectivity index (χ0n) is 20.8. The Morgan fingerprint density at radius 3 is 2.43 bits per heavy atom. The van der Waals surface area contributed by atoms with Crippen LogP contribution in [0.3, 0.4) is 0 Å². The van der Waals surface area contributed by atoms with Crippen molar-refractivity contribution in [2.24, 2.45) is 0 Å². The van der Waals surface area contributed by atoms with E-state index in [1.165, 1.54) is 7.11 Å². The van der Waals surface area contributed by atoms with E-state index in [1.807, 2.05) is 56.3 Å². The number of para-hydroxylation sites is 1. The molecule has 2 aromatic rings. The predicted octanol–water partition coefficient (Wildman–Crippen LogP) is 4.64. The van der Waals surface area contributed by atoms with Gasteiger partial charge < -0.3 is 24.3 Å². The van der Waals surface area contributed by atoms with Gasteiger partial charge in [-0.15, -0.1) is 0 Å². The summed E-state index contributed by atoms with van der Waals surface area (Å²) in [4.78, 5) is 26.6. The molecule has 7 heteroatoms. The molecule has 0 amide bonds. The highest BCUT2D eigenvalue weighted by Crippen LogP contribution is 2.48. The smallest absolute Gasteiger partial charge is 0.336 e. The lowest BCUT2D eigenvalue weighted by Crippen LogP contribution is -2.36. The molecule has 2 aromatic carbocycles. The first-order valence-electron chi connectivity index (χ1n) is 11.7. The minimum absolute atomic E-state index is 0.0104. The van der Waals surface area contributed by atoms with Crippen LogP contribution >= 0.6 is 0 Å². The fourth-order valence-corrected chi connectivity index (χ4v) is 5.08. The number of hydrogen-bond donors (Lipinski definition) is 1. The van der Waals surface area contributed by atoms with E-state index in [-0.39, 0.29) is 11.7 Å². The zero-order valence-corrected chi connectivity index (χ0v) is 20.8. The number of rotatable bonds is 7. The van der Waals surface area contributed by atoms with Crippen LogP contribution in [0.25, 0.3) is 0 Å². The first kappa shape index (κ1) is 24.4. The topological polar surface area (TPSA) is 83.1 Å². The third kappa shape index (κ3) is 4.50. The first-order chi connectivity index (χ1) is 16.9. The average Bonchev–Trinajstić information content (AvgIpc) is 2.87. The number of hydrogen-bond acceptors (Lipinski definition) is 7. The van der Waals surface area contributed by atoms with Crippen molar-refractivity contribution in [1.29, 1.82) is 0 Å². The number of esters is 1. The van der Waals surface area contributed by atoms with Gasteiger partial charge in [0.25, 0.3) is 0 Å². The molecule has 1 aliphatic carbocycles. The van der Waals surface area contributed by atoms with Crippen LogP contribution in [-0.4, -0.2) is 39.7 Å². The monoisotopic (exact) mass is 477 g/mol. The highest BCUT2D eigenvalue weighted by molar-refractivity contribution is 6.04. The second-order valence-corrected chi connectivity index (χ2v) is 8.59. The molecule has 0 unspecified atom stereocenters. The van der Waals surface area contributed by atoms with Crippen molar-refractivity contribution in [3.63, 3.8) is 0 Å². The van der Waals surface area contributed by atoms with Crippen LogP contribution in [0.15, 0.2) is 65.0 Å². The maximum Gasteiger partial charge on any atom is 0.336 e. The van der Waals surface area contributed by atoms with Gasteiger partial charge in [0.2, 0.25) is 0 Å². The number of ether oxygens (including phenoxy) is 4. The highest BCUT2D eigenvalue weighted by Gasteiger charge is 2.42. The summed E-state index contributed by atoms with van der Waals surface area (Å²) in [7, 11) is 4.55. The summed E-state index contributed by atoms with van der Waals surface area (Å²) in [5.74, 6) is 0.836. The Bertz CT molecular complexity index is 1210. The maximum absolute atomic E-state index is 13.7. The van der Waals surface area contributed by atoms with Crippen LogP contribution in [0.2, 0.25) is 0 Å². The normalized spacial score (nSPS) is 19.6. The van der Waals surface area contributed by atoms with Crippen molar-refractivity contribution in [1.82, 2.24) is 5.32 Å². The molecular weight excluding hydrogens is 446 g/mol. The maximum atomic E-state index is 13.7. The molecule has 0 aromatic heterocycles. The molecule has 7 nitrogen and oxygen atoms in total. The quantitative estimate of drug-likeness (QED) is 0.582. The Hall–Kier alpha value is -3.74. The number of allylic oxidation sites excluding steroid dienone is 3. The van der Waals surface area contributed by atoms with E-state index in [2.05, 4.69) is 5.32 Å². The number of dihydropyridines is 1. The second kappa shape index (κ2) is 10.3. The summed E-state index contributed by atoms with van der Waals surface area (Å²) < 4.78 is 21.8. The van der Waals surface area contributed by atoms with E-state index in [4.69, 9.17) is 18.9 Å². The minimum atomic E-state index is -0.569. The van der Waals surface area contributed by atoms with Crippen molar-refractivity contribution in [3.05, 3.63) is 76.1 Å². The van der Waals surface area contributed by atoms with Crippen molar-refractivity contribution in [3.8, 4) is 17.2 Å². The van der Waals surface area contributed by atoms with Gasteiger partial charge in [-0.3, -0.25) is 4.79 Å². The van der Waals surface area contributed by atoms with Crippen LogP contribution in [0.4, 0.5) is 0 Å². The third-order valence-corrected chi connectivity index (χ3v) is 6.64. The number of Topliss-reactive ketones (excluding diaryl/α,β-unsaturated/α-hetero) is 1. The summed E-state index contributed by atoms with van der Waals surface area (Å²) >= 11 is 0. The lowest BCUT2D eigenvalue weighted by molar-refractivity contribution is -0.136. The molecule has 0 spiro atoms. The first-order valence-corrected chi connectivity index (χ1v) is 11.7. The molecule has 1 N–H and O–H groups in total. The standard InChI is InChI=1S/C28H31NO6/c1-6-35-22-10-8-7-9-19(22)26-25(28(31)34-5)16(2)29-20-13-18(14-21(30)27(20)26)17-11-12-23(32-3)24(15-17)33-4/h7-12,15,18,26,29H,6,13-14H2,1-5H3/t18-,26+/m1/s1. The fourth-order valence-electron chi connectivity index (χ4n) is 5.08. The number of ketones is 1. The van der Waals surface area contributed by atoms with Crippen molar-refractivity contribution >= 4 is 11.8 Å². The lowest BCUT2D eigenvalue weighted by atomic mass is 9.71. The molecule has 35 heavy (non-hydrogen) atoms. The van der Waals surface area contributed by atoms with E-state index in [0.717, 1.165) is 16.8 Å². The summed E-state index contributed by atoms with van der Waals surface area (Å²) in [6.45, 7) is 4.22. The predicted molar refractivity (Wildman–Crippen MR) is 132 cm³/mol. The Morgan fingerprint density at radius 2 is 1.74 bits per heavy atom. The summed E-state index contributed by atoms with van der Waals surface area (Å²) in [6, 6.07) is 13.3. The third-order valence-electron chi connectivity index (χ3n) is 6.64. The molecule has 0 saturated carbocycles. The van der Waals surface area contributed by atoms with Gasteiger partial charge in [-0.25, -0.2) is 4.79 Å². The Labute approximate surface area is 205 Å². The minimum Gasteiger partial charge on any atom is -0.494 e. The molecule has 0 fully saturated rings. The number of carbonyl (C=O) groups excluding carboxylic acids is 2. The Kier molecular flexibility index (Phi) is 7.15. The van der Waals surface area contributed by atoms with Crippen molar-refractivity contribution in [2.45, 2.75) is 38.5 Å². The zero-order chi connectivity index (χ0) is 25.1. The molecule has 2 aliphatic rings. The molecule has 0 saturated heterocycles. The van der Waals surface area contributed by atoms with E-state index in [9.17, 15) is 9.59 Å². The molecule has 184 valence electrons. The van der Waals surface area contributed by atoms with Crippen LogP contribution in [0.5, 0.6) is 17.2 Å². The summed E-state index contributed by atoms with van der Waals surface area (Å²) in [6.07, 6.45) is 0.937. The van der Waals surface area contributed by atoms with E-state index in [1.54, 1.807) is 14.2 Å². The summed E-state index contributed by atoms with van der Waals surface area (Å²) in [5.41, 5.74) is 4.29. The van der Waals surface area contributed by atoms with E-state index < -0.39 is 11.9 Å². The van der Waals surface area contributed by atoms with Gasteiger partial charge >= 0.3 is 5.97 Å². The average molecular weight is 478 g/mol. The van der Waals surface area contributed by atoms with Gasteiger partial charge in [-0.2, -0.15) is 0 Å². The van der Waals surface area contributed by atoms with Crippen LogP contribution in [0.1, 0.15) is 49.7 Å². The van der Waals surface area contributed by atoms with Crippen molar-refractivity contribution in [2.75, 3.05) is 27.9 Å². The molecule has 4 rings (SSSR count). The molecule has 2 atom stereocenters. The molecule has 0 radical (unpaired) electrons. The van der Waals surface area contributed by atoms with Gasteiger partial charge in [0, 0.05) is 29.0 Å². The Morgan fingerprint density at radius 1 is 1.00 bits per heavy atom. The molecule has 1 aliphatic heterocycles. The highest BCUT2D eigenvalue weighted by atomic mass is 16.5. The fraction of sp³-hybridized carbons (Fsp3) is 0.357. The number of methoxy groups -OCH3 is 3. The van der Waals surface area contributed by atoms with Gasteiger partial charge in [-0.05, 0) is 49.9 Å². The van der Waals surface area contributed by atoms with Gasteiger partial charge in [0.15, 0.2) is 17.3 Å². The van der Waals surface area contributed by atoms with Crippen LogP contribution in [-0.2, 0) is 14.3 Å². The number of carbonyl (C=O) groups is 2. The second-order valence-electron chi connectivity index (χ2n) is 8.59. The molecular formula is C28H31NO6.